The summed E-state index contributed by atoms with van der Waals surface area (Å²) < 4.78 is 26.8. The van der Waals surface area contributed by atoms with Crippen molar-refractivity contribution < 1.29 is 13.6 Å². The van der Waals surface area contributed by atoms with Crippen LogP contribution in [0.15, 0.2) is 42.5 Å². The SMILES string of the molecule is N#Cc1ccc(C(=O)N(Cc2ccc(F)cc2F)C2CC2)cc1. The number of nitrogens with zero attached hydrogens (tertiary/aromatic N) is 2. The highest BCUT2D eigenvalue weighted by atomic mass is 19.1. The minimum atomic E-state index is -0.650. The molecule has 0 spiro atoms. The average Bonchev–Trinajstić information content (AvgIpc) is 3.38. The zero-order chi connectivity index (χ0) is 16.4. The molecule has 0 aromatic heterocycles. The van der Waals surface area contributed by atoms with Crippen LogP contribution in [0, 0.1) is 23.0 Å². The van der Waals surface area contributed by atoms with E-state index in [1.54, 1.807) is 29.2 Å². The van der Waals surface area contributed by atoms with E-state index in [9.17, 15) is 13.6 Å². The lowest BCUT2D eigenvalue weighted by atomic mass is 10.1. The third kappa shape index (κ3) is 3.37. The van der Waals surface area contributed by atoms with Crippen molar-refractivity contribution in [2.24, 2.45) is 0 Å². The molecule has 0 atom stereocenters. The van der Waals surface area contributed by atoms with Crippen LogP contribution in [0.4, 0.5) is 8.78 Å². The summed E-state index contributed by atoms with van der Waals surface area (Å²) >= 11 is 0. The van der Waals surface area contributed by atoms with Gasteiger partial charge in [-0.25, -0.2) is 8.78 Å². The van der Waals surface area contributed by atoms with Crippen molar-refractivity contribution in [1.29, 1.82) is 5.26 Å². The van der Waals surface area contributed by atoms with E-state index < -0.39 is 11.6 Å². The normalized spacial score (nSPS) is 13.4. The molecular weight excluding hydrogens is 298 g/mol. The van der Waals surface area contributed by atoms with Gasteiger partial charge in [0, 0.05) is 29.8 Å². The molecule has 1 aliphatic carbocycles. The Bertz CT molecular complexity index is 777. The Morgan fingerprint density at radius 1 is 1.17 bits per heavy atom. The van der Waals surface area contributed by atoms with Crippen LogP contribution < -0.4 is 0 Å². The van der Waals surface area contributed by atoms with E-state index in [0.717, 1.165) is 18.9 Å². The number of amides is 1. The maximum Gasteiger partial charge on any atom is 0.254 e. The number of nitriles is 1. The second kappa shape index (κ2) is 6.17. The number of carbonyl (C=O) groups is 1. The molecule has 0 aliphatic heterocycles. The van der Waals surface area contributed by atoms with Gasteiger partial charge >= 0.3 is 0 Å². The van der Waals surface area contributed by atoms with Gasteiger partial charge in [-0.1, -0.05) is 6.07 Å². The van der Waals surface area contributed by atoms with E-state index in [4.69, 9.17) is 5.26 Å². The van der Waals surface area contributed by atoms with Crippen LogP contribution in [-0.4, -0.2) is 16.8 Å². The highest BCUT2D eigenvalue weighted by Gasteiger charge is 2.33. The molecule has 1 saturated carbocycles. The standard InChI is InChI=1S/C18H14F2N2O/c19-15-6-5-14(17(20)9-15)11-22(16-7-8-16)18(23)13-3-1-12(10-21)2-4-13/h1-6,9,16H,7-8,11H2. The van der Waals surface area contributed by atoms with Gasteiger partial charge in [-0.3, -0.25) is 4.79 Å². The molecule has 0 heterocycles. The third-order valence-corrected chi connectivity index (χ3v) is 3.87. The van der Waals surface area contributed by atoms with Crippen LogP contribution in [-0.2, 0) is 6.54 Å². The summed E-state index contributed by atoms with van der Waals surface area (Å²) in [6.07, 6.45) is 1.76. The molecule has 0 saturated heterocycles. The Morgan fingerprint density at radius 3 is 2.43 bits per heavy atom. The summed E-state index contributed by atoms with van der Waals surface area (Å²) in [6.45, 7) is 0.107. The van der Waals surface area contributed by atoms with Crippen LogP contribution in [0.1, 0.15) is 34.3 Å². The predicted octanol–water partition coefficient (Wildman–Crippen LogP) is 3.64. The summed E-state index contributed by atoms with van der Waals surface area (Å²) in [4.78, 5) is 14.3. The van der Waals surface area contributed by atoms with Crippen LogP contribution >= 0.6 is 0 Å². The zero-order valence-corrected chi connectivity index (χ0v) is 12.3. The fourth-order valence-corrected chi connectivity index (χ4v) is 2.44. The molecule has 0 unspecified atom stereocenters. The van der Waals surface area contributed by atoms with Gasteiger partial charge in [-0.05, 0) is 43.2 Å². The first-order chi connectivity index (χ1) is 11.1. The lowest BCUT2D eigenvalue weighted by Crippen LogP contribution is -2.33. The summed E-state index contributed by atoms with van der Waals surface area (Å²) in [5.74, 6) is -1.49. The molecule has 116 valence electrons. The topological polar surface area (TPSA) is 44.1 Å². The van der Waals surface area contributed by atoms with E-state index in [0.29, 0.717) is 16.7 Å². The zero-order valence-electron chi connectivity index (χ0n) is 12.3. The van der Waals surface area contributed by atoms with Crippen LogP contribution in [0.3, 0.4) is 0 Å². The number of rotatable bonds is 4. The highest BCUT2D eigenvalue weighted by molar-refractivity contribution is 5.94. The van der Waals surface area contributed by atoms with Crippen molar-refractivity contribution in [1.82, 2.24) is 4.90 Å². The van der Waals surface area contributed by atoms with E-state index in [-0.39, 0.29) is 18.5 Å². The molecule has 23 heavy (non-hydrogen) atoms. The molecule has 5 heteroatoms. The Kier molecular flexibility index (Phi) is 4.07. The minimum Gasteiger partial charge on any atom is -0.331 e. The molecule has 0 radical (unpaired) electrons. The first-order valence-corrected chi connectivity index (χ1v) is 7.33. The van der Waals surface area contributed by atoms with Crippen molar-refractivity contribution in [2.75, 3.05) is 0 Å². The van der Waals surface area contributed by atoms with Crippen LogP contribution in [0.2, 0.25) is 0 Å². The van der Waals surface area contributed by atoms with Crippen molar-refractivity contribution in [2.45, 2.75) is 25.4 Å². The van der Waals surface area contributed by atoms with Gasteiger partial charge in [0.2, 0.25) is 0 Å². The van der Waals surface area contributed by atoms with Crippen molar-refractivity contribution in [3.8, 4) is 6.07 Å². The first kappa shape index (κ1) is 15.2. The largest absolute Gasteiger partial charge is 0.331 e. The van der Waals surface area contributed by atoms with Gasteiger partial charge in [0.05, 0.1) is 11.6 Å². The molecule has 3 nitrogen and oxygen atoms in total. The number of hydrogen-bond donors (Lipinski definition) is 0. The Balaban J connectivity index is 1.83. The van der Waals surface area contributed by atoms with Gasteiger partial charge in [-0.2, -0.15) is 5.26 Å². The van der Waals surface area contributed by atoms with E-state index in [1.165, 1.54) is 12.1 Å². The molecule has 2 aromatic rings. The van der Waals surface area contributed by atoms with Crippen LogP contribution in [0.25, 0.3) is 0 Å². The Labute approximate surface area is 132 Å². The molecule has 0 bridgehead atoms. The van der Waals surface area contributed by atoms with Gasteiger partial charge in [0.15, 0.2) is 0 Å². The monoisotopic (exact) mass is 312 g/mol. The fraction of sp³-hybridized carbons (Fsp3) is 0.222. The van der Waals surface area contributed by atoms with Crippen LogP contribution in [0.5, 0.6) is 0 Å². The average molecular weight is 312 g/mol. The maximum atomic E-state index is 13.8. The Hall–Kier alpha value is -2.74. The van der Waals surface area contributed by atoms with Crippen molar-refractivity contribution in [3.63, 3.8) is 0 Å². The molecule has 1 fully saturated rings. The second-order valence-electron chi connectivity index (χ2n) is 5.59. The fourth-order valence-electron chi connectivity index (χ4n) is 2.44. The molecule has 2 aromatic carbocycles. The quantitative estimate of drug-likeness (QED) is 0.865. The molecular formula is C18H14F2N2O. The lowest BCUT2D eigenvalue weighted by Gasteiger charge is -2.23. The number of benzene rings is 2. The molecule has 0 N–H and O–H groups in total. The van der Waals surface area contributed by atoms with Gasteiger partial charge in [0.25, 0.3) is 5.91 Å². The smallest absolute Gasteiger partial charge is 0.254 e. The second-order valence-corrected chi connectivity index (χ2v) is 5.59. The third-order valence-electron chi connectivity index (χ3n) is 3.87. The predicted molar refractivity (Wildman–Crippen MR) is 80.4 cm³/mol. The maximum absolute atomic E-state index is 13.8. The van der Waals surface area contributed by atoms with E-state index >= 15 is 0 Å². The first-order valence-electron chi connectivity index (χ1n) is 7.33. The van der Waals surface area contributed by atoms with Gasteiger partial charge in [0.1, 0.15) is 11.6 Å². The molecule has 1 amide bonds. The molecule has 3 rings (SSSR count). The number of hydrogen-bond acceptors (Lipinski definition) is 2. The van der Waals surface area contributed by atoms with E-state index in [2.05, 4.69) is 0 Å². The molecule has 1 aliphatic rings. The summed E-state index contributed by atoms with van der Waals surface area (Å²) in [7, 11) is 0. The lowest BCUT2D eigenvalue weighted by molar-refractivity contribution is 0.0728. The summed E-state index contributed by atoms with van der Waals surface area (Å²) in [5, 5.41) is 8.80. The summed E-state index contributed by atoms with van der Waals surface area (Å²) in [5.41, 5.74) is 1.22. The van der Waals surface area contributed by atoms with Gasteiger partial charge in [-0.15, -0.1) is 0 Å². The van der Waals surface area contributed by atoms with Crippen molar-refractivity contribution in [3.05, 3.63) is 70.8 Å². The minimum absolute atomic E-state index is 0.0857. The Morgan fingerprint density at radius 2 is 1.87 bits per heavy atom. The highest BCUT2D eigenvalue weighted by Crippen LogP contribution is 2.30. The van der Waals surface area contributed by atoms with Gasteiger partial charge < -0.3 is 4.90 Å². The van der Waals surface area contributed by atoms with E-state index in [1.807, 2.05) is 6.07 Å². The number of halogens is 2. The summed E-state index contributed by atoms with van der Waals surface area (Å²) in [6, 6.07) is 11.8. The van der Waals surface area contributed by atoms with Crippen molar-refractivity contribution >= 4 is 5.91 Å². The number of carbonyl (C=O) groups excluding carboxylic acids is 1.